The molecule has 11 rings (SSSR count). The summed E-state index contributed by atoms with van der Waals surface area (Å²) in [6.45, 7) is 0. The van der Waals surface area contributed by atoms with E-state index < -0.39 is 0 Å². The first kappa shape index (κ1) is 37.5. The van der Waals surface area contributed by atoms with E-state index in [2.05, 4.69) is 155 Å². The molecule has 0 aliphatic heterocycles. The fourth-order valence-electron chi connectivity index (χ4n) is 8.87. The van der Waals surface area contributed by atoms with Crippen LogP contribution in [-0.2, 0) is 0 Å². The molecule has 0 atom stereocenters. The van der Waals surface area contributed by atoms with E-state index in [4.69, 9.17) is 9.98 Å². The molecule has 0 amide bonds. The number of nitrogens with one attached hydrogen (secondary N) is 1. The van der Waals surface area contributed by atoms with Gasteiger partial charge in [0, 0.05) is 46.2 Å². The van der Waals surface area contributed by atoms with Crippen molar-refractivity contribution in [1.29, 1.82) is 5.41 Å². The summed E-state index contributed by atoms with van der Waals surface area (Å²) in [7, 11) is 0. The van der Waals surface area contributed by atoms with Gasteiger partial charge in [-0.2, -0.15) is 0 Å². The Bertz CT molecular complexity index is 3550. The van der Waals surface area contributed by atoms with Gasteiger partial charge in [0.05, 0.1) is 11.0 Å². The minimum atomic E-state index is 0.143. The van der Waals surface area contributed by atoms with Gasteiger partial charge in [0.2, 0.25) is 0 Å². The molecule has 0 fully saturated rings. The Kier molecular flexibility index (Phi) is 9.60. The first-order valence-corrected chi connectivity index (χ1v) is 21.1. The number of rotatable bonds is 7. The minimum absolute atomic E-state index is 0.143. The standard InChI is InChI=1S/C58H39N5/c59-57(62-58(41-14-3-1-4-15-41)61-37-39-25-27-40(28-26-39)43-16-13-35-60-38-43)53-33-32-51(48-21-9-10-22-49(48)53)50-31-30-45(46-19-7-8-20-47(46)50)42-29-34-56-54(36-42)52-23-11-12-24-55(52)63(56)44-17-5-2-6-18-44/h1-38,59H. The Morgan fingerprint density at radius 1 is 0.460 bits per heavy atom. The summed E-state index contributed by atoms with van der Waals surface area (Å²) in [5.74, 6) is 0.611. The smallest absolute Gasteiger partial charge is 0.161 e. The van der Waals surface area contributed by atoms with Gasteiger partial charge in [-0.05, 0) is 103 Å². The molecule has 5 nitrogen and oxygen atoms in total. The van der Waals surface area contributed by atoms with Crippen LogP contribution in [0.2, 0.25) is 0 Å². The van der Waals surface area contributed by atoms with Gasteiger partial charge in [-0.15, -0.1) is 0 Å². The van der Waals surface area contributed by atoms with E-state index in [1.165, 1.54) is 43.7 Å². The monoisotopic (exact) mass is 805 g/mol. The van der Waals surface area contributed by atoms with E-state index in [9.17, 15) is 5.41 Å². The van der Waals surface area contributed by atoms with E-state index in [-0.39, 0.29) is 5.84 Å². The average molecular weight is 806 g/mol. The van der Waals surface area contributed by atoms with Crippen molar-refractivity contribution in [3.63, 3.8) is 0 Å². The van der Waals surface area contributed by atoms with Gasteiger partial charge in [-0.25, -0.2) is 9.98 Å². The summed E-state index contributed by atoms with van der Waals surface area (Å²) in [6.07, 6.45) is 5.44. The molecule has 0 aliphatic carbocycles. The van der Waals surface area contributed by atoms with Crippen LogP contribution in [0.4, 0.5) is 0 Å². The third kappa shape index (κ3) is 6.98. The molecule has 9 aromatic carbocycles. The molecular formula is C58H39N5. The molecule has 11 aromatic rings. The van der Waals surface area contributed by atoms with Crippen LogP contribution < -0.4 is 0 Å². The molecule has 0 unspecified atom stereocenters. The van der Waals surface area contributed by atoms with Gasteiger partial charge >= 0.3 is 0 Å². The lowest BCUT2D eigenvalue weighted by Gasteiger charge is -2.16. The zero-order chi connectivity index (χ0) is 42.1. The third-order valence-electron chi connectivity index (χ3n) is 11.9. The highest BCUT2D eigenvalue weighted by atomic mass is 15.0. The SMILES string of the molecule is N=C(N=C(N=Cc1ccc(-c2cccnc2)cc1)c1ccccc1)c1ccc(-c2ccc(-c3ccc4c(c3)c3ccccc3n4-c3ccccc3)c3ccccc23)c2ccccc12. The molecule has 0 radical (unpaired) electrons. The van der Waals surface area contributed by atoms with Crippen molar-refractivity contribution in [3.05, 3.63) is 241 Å². The van der Waals surface area contributed by atoms with Crippen LogP contribution in [0, 0.1) is 5.41 Å². The van der Waals surface area contributed by atoms with Crippen LogP contribution in [0.5, 0.6) is 0 Å². The van der Waals surface area contributed by atoms with Gasteiger partial charge in [0.25, 0.3) is 0 Å². The molecule has 63 heavy (non-hydrogen) atoms. The largest absolute Gasteiger partial charge is 0.309 e. The second kappa shape index (κ2) is 16.1. The number of fused-ring (bicyclic) bond motifs is 5. The predicted octanol–water partition coefficient (Wildman–Crippen LogP) is 14.4. The average Bonchev–Trinajstić information content (AvgIpc) is 3.69. The topological polar surface area (TPSA) is 66.4 Å². The number of hydrogen-bond donors (Lipinski definition) is 1. The third-order valence-corrected chi connectivity index (χ3v) is 11.9. The highest BCUT2D eigenvalue weighted by Gasteiger charge is 2.18. The lowest BCUT2D eigenvalue weighted by molar-refractivity contribution is 1.18. The highest BCUT2D eigenvalue weighted by Crippen LogP contribution is 2.41. The Morgan fingerprint density at radius 3 is 1.78 bits per heavy atom. The van der Waals surface area contributed by atoms with Gasteiger partial charge in [0.15, 0.2) is 11.7 Å². The number of pyridine rings is 1. The number of benzene rings is 9. The van der Waals surface area contributed by atoms with Crippen molar-refractivity contribution >= 4 is 61.2 Å². The molecule has 0 spiro atoms. The molecule has 2 heterocycles. The number of amidine groups is 2. The Morgan fingerprint density at radius 2 is 1.05 bits per heavy atom. The quantitative estimate of drug-likeness (QED) is 0.127. The van der Waals surface area contributed by atoms with Gasteiger partial charge in [-0.3, -0.25) is 10.4 Å². The number of para-hydroxylation sites is 2. The summed E-state index contributed by atoms with van der Waals surface area (Å²) in [5, 5.41) is 16.2. The molecule has 296 valence electrons. The number of hydrogen-bond acceptors (Lipinski definition) is 2. The van der Waals surface area contributed by atoms with Crippen LogP contribution in [-0.4, -0.2) is 27.4 Å². The normalized spacial score (nSPS) is 11.9. The molecular weight excluding hydrogens is 767 g/mol. The maximum atomic E-state index is 9.42. The van der Waals surface area contributed by atoms with Gasteiger partial charge in [0.1, 0.15) is 0 Å². The van der Waals surface area contributed by atoms with E-state index in [1.807, 2.05) is 79.1 Å². The number of aromatic nitrogens is 2. The number of aliphatic imine (C=N–C) groups is 2. The Hall–Kier alpha value is -8.54. The van der Waals surface area contributed by atoms with Crippen molar-refractivity contribution in [2.75, 3.05) is 0 Å². The second-order valence-corrected chi connectivity index (χ2v) is 15.6. The summed E-state index contributed by atoms with van der Waals surface area (Å²) < 4.78 is 2.36. The van der Waals surface area contributed by atoms with E-state index >= 15 is 0 Å². The van der Waals surface area contributed by atoms with Crippen LogP contribution >= 0.6 is 0 Å². The molecule has 0 bridgehead atoms. The van der Waals surface area contributed by atoms with E-state index in [0.717, 1.165) is 55.4 Å². The van der Waals surface area contributed by atoms with Gasteiger partial charge < -0.3 is 4.57 Å². The fourth-order valence-corrected chi connectivity index (χ4v) is 8.87. The Labute approximate surface area is 365 Å². The number of nitrogens with zero attached hydrogens (tertiary/aromatic N) is 4. The molecule has 0 aliphatic rings. The van der Waals surface area contributed by atoms with Crippen molar-refractivity contribution < 1.29 is 0 Å². The predicted molar refractivity (Wildman–Crippen MR) is 264 cm³/mol. The van der Waals surface area contributed by atoms with E-state index in [1.54, 1.807) is 6.20 Å². The van der Waals surface area contributed by atoms with E-state index in [0.29, 0.717) is 5.84 Å². The molecule has 0 saturated heterocycles. The van der Waals surface area contributed by atoms with Crippen LogP contribution in [0.15, 0.2) is 235 Å². The lowest BCUT2D eigenvalue weighted by Crippen LogP contribution is -2.05. The molecule has 2 aromatic heterocycles. The second-order valence-electron chi connectivity index (χ2n) is 15.6. The molecule has 0 saturated carbocycles. The summed E-state index contributed by atoms with van der Waals surface area (Å²) in [6, 6.07) is 73.9. The van der Waals surface area contributed by atoms with Crippen LogP contribution in [0.25, 0.3) is 82.4 Å². The van der Waals surface area contributed by atoms with Crippen molar-refractivity contribution in [1.82, 2.24) is 9.55 Å². The van der Waals surface area contributed by atoms with Gasteiger partial charge in [-0.1, -0.05) is 170 Å². The lowest BCUT2D eigenvalue weighted by atomic mass is 9.88. The summed E-state index contributed by atoms with van der Waals surface area (Å²) in [5.41, 5.74) is 12.8. The zero-order valence-corrected chi connectivity index (χ0v) is 34.2. The molecule has 5 heteroatoms. The molecule has 1 N–H and O–H groups in total. The maximum Gasteiger partial charge on any atom is 0.161 e. The van der Waals surface area contributed by atoms with Crippen molar-refractivity contribution in [3.8, 4) is 39.1 Å². The fraction of sp³-hybridized carbons (Fsp3) is 0. The Balaban J connectivity index is 0.969. The summed E-state index contributed by atoms with van der Waals surface area (Å²) >= 11 is 0. The minimum Gasteiger partial charge on any atom is -0.309 e. The summed E-state index contributed by atoms with van der Waals surface area (Å²) in [4.78, 5) is 14.0. The highest BCUT2D eigenvalue weighted by molar-refractivity contribution is 6.19. The van der Waals surface area contributed by atoms with Crippen LogP contribution in [0.1, 0.15) is 16.7 Å². The van der Waals surface area contributed by atoms with Crippen molar-refractivity contribution in [2.45, 2.75) is 0 Å². The first-order valence-electron chi connectivity index (χ1n) is 21.1. The van der Waals surface area contributed by atoms with Crippen LogP contribution in [0.3, 0.4) is 0 Å². The first-order chi connectivity index (χ1) is 31.2. The maximum absolute atomic E-state index is 9.42. The van der Waals surface area contributed by atoms with Crippen molar-refractivity contribution in [2.24, 2.45) is 9.98 Å². The zero-order valence-electron chi connectivity index (χ0n) is 34.2.